The quantitative estimate of drug-likeness (QED) is 0.597. The number of nitrogens with one attached hydrogen (secondary N) is 2. The molecule has 0 atom stereocenters. The lowest BCUT2D eigenvalue weighted by Crippen LogP contribution is -2.15. The molecule has 0 saturated carbocycles. The van der Waals surface area contributed by atoms with Crippen molar-refractivity contribution in [3.05, 3.63) is 89.5 Å². The van der Waals surface area contributed by atoms with Gasteiger partial charge in [0, 0.05) is 22.5 Å². The number of Topliss-reactive ketones (excluding diaryl/α,β-unsaturated/α-hetero) is 1. The summed E-state index contributed by atoms with van der Waals surface area (Å²) in [6, 6.07) is 19.2. The van der Waals surface area contributed by atoms with E-state index in [1.54, 1.807) is 36.4 Å². The summed E-state index contributed by atoms with van der Waals surface area (Å²) in [5, 5.41) is 2.71. The molecule has 3 rings (SSSR count). The number of rotatable bonds is 6. The van der Waals surface area contributed by atoms with Gasteiger partial charge in [0.15, 0.2) is 5.78 Å². The number of hydrogen-bond acceptors (Lipinski definition) is 4. The van der Waals surface area contributed by atoms with Crippen LogP contribution in [0.2, 0.25) is 0 Å². The maximum absolute atomic E-state index is 12.5. The summed E-state index contributed by atoms with van der Waals surface area (Å²) in [5.41, 5.74) is 2.90. The summed E-state index contributed by atoms with van der Waals surface area (Å²) in [6.07, 6.45) is 0. The van der Waals surface area contributed by atoms with Crippen LogP contribution in [0.15, 0.2) is 77.7 Å². The third-order valence-electron chi connectivity index (χ3n) is 4.28. The normalized spacial score (nSPS) is 11.0. The first-order chi connectivity index (χ1) is 13.7. The minimum absolute atomic E-state index is 0.0560. The predicted octanol–water partition coefficient (Wildman–Crippen LogP) is 4.25. The van der Waals surface area contributed by atoms with Gasteiger partial charge < -0.3 is 5.32 Å². The van der Waals surface area contributed by atoms with E-state index in [4.69, 9.17) is 0 Å². The number of carbonyl (C=O) groups excluding carboxylic acids is 2. The van der Waals surface area contributed by atoms with E-state index in [2.05, 4.69) is 10.0 Å². The summed E-state index contributed by atoms with van der Waals surface area (Å²) in [4.78, 5) is 23.7. The Morgan fingerprint density at radius 1 is 0.724 bits per heavy atom. The first-order valence-electron chi connectivity index (χ1n) is 8.86. The molecule has 0 bridgehead atoms. The highest BCUT2D eigenvalue weighted by Gasteiger charge is 2.15. The molecule has 0 aliphatic carbocycles. The smallest absolute Gasteiger partial charge is 0.261 e. The summed E-state index contributed by atoms with van der Waals surface area (Å²) in [7, 11) is -3.75. The van der Waals surface area contributed by atoms with Crippen LogP contribution in [0.5, 0.6) is 0 Å². The zero-order chi connectivity index (χ0) is 21.0. The highest BCUT2D eigenvalue weighted by Crippen LogP contribution is 2.18. The van der Waals surface area contributed by atoms with Crippen LogP contribution in [0.3, 0.4) is 0 Å². The predicted molar refractivity (Wildman–Crippen MR) is 113 cm³/mol. The number of hydrogen-bond donors (Lipinski definition) is 2. The lowest BCUT2D eigenvalue weighted by Gasteiger charge is -2.10. The SMILES string of the molecule is CC(=O)c1ccc(NC(=O)c2ccc(S(=O)(=O)Nc3ccc(C)cc3)cc2)cc1. The first-order valence-corrected chi connectivity index (χ1v) is 10.3. The van der Waals surface area contributed by atoms with Crippen molar-refractivity contribution in [2.45, 2.75) is 18.7 Å². The van der Waals surface area contributed by atoms with Gasteiger partial charge in [-0.25, -0.2) is 8.42 Å². The van der Waals surface area contributed by atoms with Gasteiger partial charge in [-0.1, -0.05) is 17.7 Å². The second kappa shape index (κ2) is 8.28. The van der Waals surface area contributed by atoms with E-state index >= 15 is 0 Å². The van der Waals surface area contributed by atoms with E-state index in [0.29, 0.717) is 22.5 Å². The van der Waals surface area contributed by atoms with Crippen molar-refractivity contribution >= 4 is 33.1 Å². The van der Waals surface area contributed by atoms with E-state index < -0.39 is 10.0 Å². The van der Waals surface area contributed by atoms with E-state index in [0.717, 1.165) is 5.56 Å². The van der Waals surface area contributed by atoms with Crippen LogP contribution < -0.4 is 10.0 Å². The zero-order valence-electron chi connectivity index (χ0n) is 16.0. The third-order valence-corrected chi connectivity index (χ3v) is 5.68. The molecule has 0 aliphatic rings. The molecular formula is C22H20N2O4S. The maximum Gasteiger partial charge on any atom is 0.261 e. The van der Waals surface area contributed by atoms with Gasteiger partial charge in [0.05, 0.1) is 4.90 Å². The van der Waals surface area contributed by atoms with Gasteiger partial charge >= 0.3 is 0 Å². The number of aryl methyl sites for hydroxylation is 1. The molecule has 0 heterocycles. The van der Waals surface area contributed by atoms with Gasteiger partial charge in [-0.05, 0) is 74.5 Å². The highest BCUT2D eigenvalue weighted by molar-refractivity contribution is 7.92. The molecule has 3 aromatic rings. The van der Waals surface area contributed by atoms with Crippen molar-refractivity contribution in [2.24, 2.45) is 0 Å². The molecule has 1 amide bonds. The maximum atomic E-state index is 12.5. The molecule has 3 aromatic carbocycles. The standard InChI is InChI=1S/C22H20N2O4S/c1-15-3-9-20(10-4-15)24-29(27,28)21-13-7-18(8-14-21)22(26)23-19-11-5-17(6-12-19)16(2)25/h3-14,24H,1-2H3,(H,23,26). The topological polar surface area (TPSA) is 92.3 Å². The molecule has 2 N–H and O–H groups in total. The van der Waals surface area contributed by atoms with E-state index in [1.807, 2.05) is 19.1 Å². The molecule has 7 heteroatoms. The van der Waals surface area contributed by atoms with Gasteiger partial charge in [0.25, 0.3) is 15.9 Å². The second-order valence-corrected chi connectivity index (χ2v) is 8.27. The van der Waals surface area contributed by atoms with Crippen molar-refractivity contribution in [3.63, 3.8) is 0 Å². The van der Waals surface area contributed by atoms with Crippen LogP contribution in [0.25, 0.3) is 0 Å². The van der Waals surface area contributed by atoms with Crippen molar-refractivity contribution in [1.29, 1.82) is 0 Å². The lowest BCUT2D eigenvalue weighted by molar-refractivity contribution is 0.101. The molecule has 29 heavy (non-hydrogen) atoms. The Bertz CT molecular complexity index is 1130. The Hall–Kier alpha value is -3.45. The third kappa shape index (κ3) is 5.08. The number of ketones is 1. The second-order valence-electron chi connectivity index (χ2n) is 6.58. The van der Waals surface area contributed by atoms with Gasteiger partial charge in [-0.2, -0.15) is 0 Å². The van der Waals surface area contributed by atoms with E-state index in [1.165, 1.54) is 31.2 Å². The van der Waals surface area contributed by atoms with Crippen LogP contribution in [-0.4, -0.2) is 20.1 Å². The van der Waals surface area contributed by atoms with Crippen molar-refractivity contribution in [2.75, 3.05) is 10.0 Å². The molecule has 148 valence electrons. The number of sulfonamides is 1. The summed E-state index contributed by atoms with van der Waals surface area (Å²) < 4.78 is 27.5. The van der Waals surface area contributed by atoms with Crippen LogP contribution >= 0.6 is 0 Å². The van der Waals surface area contributed by atoms with Crippen LogP contribution in [0.4, 0.5) is 11.4 Å². The average molecular weight is 408 g/mol. The Morgan fingerprint density at radius 2 is 1.24 bits per heavy atom. The Kier molecular flexibility index (Phi) is 5.79. The first kappa shape index (κ1) is 20.3. The monoisotopic (exact) mass is 408 g/mol. The summed E-state index contributed by atoms with van der Waals surface area (Å²) in [6.45, 7) is 3.39. The van der Waals surface area contributed by atoms with E-state index in [-0.39, 0.29) is 16.6 Å². The van der Waals surface area contributed by atoms with Crippen LogP contribution in [-0.2, 0) is 10.0 Å². The number of anilines is 2. The fourth-order valence-corrected chi connectivity index (χ4v) is 3.67. The lowest BCUT2D eigenvalue weighted by atomic mass is 10.1. The number of carbonyl (C=O) groups is 2. The Balaban J connectivity index is 1.70. The van der Waals surface area contributed by atoms with Crippen LogP contribution in [0, 0.1) is 6.92 Å². The fourth-order valence-electron chi connectivity index (χ4n) is 2.61. The molecule has 0 aliphatic heterocycles. The minimum atomic E-state index is -3.75. The van der Waals surface area contributed by atoms with E-state index in [9.17, 15) is 18.0 Å². The Morgan fingerprint density at radius 3 is 1.79 bits per heavy atom. The summed E-state index contributed by atoms with van der Waals surface area (Å²) in [5.74, 6) is -0.435. The molecule has 0 radical (unpaired) electrons. The molecule has 6 nitrogen and oxygen atoms in total. The Labute approximate surface area is 169 Å². The van der Waals surface area contributed by atoms with Gasteiger partial charge in [-0.3, -0.25) is 14.3 Å². The molecule has 0 spiro atoms. The fraction of sp³-hybridized carbons (Fsp3) is 0.0909. The molecule has 0 fully saturated rings. The number of benzene rings is 3. The van der Waals surface area contributed by atoms with Gasteiger partial charge in [0.2, 0.25) is 0 Å². The molecule has 0 unspecified atom stereocenters. The molecule has 0 aromatic heterocycles. The van der Waals surface area contributed by atoms with Crippen molar-refractivity contribution in [1.82, 2.24) is 0 Å². The summed E-state index contributed by atoms with van der Waals surface area (Å²) >= 11 is 0. The van der Waals surface area contributed by atoms with Crippen LogP contribution in [0.1, 0.15) is 33.2 Å². The molecule has 0 saturated heterocycles. The van der Waals surface area contributed by atoms with Crippen molar-refractivity contribution < 1.29 is 18.0 Å². The average Bonchev–Trinajstić information content (AvgIpc) is 2.70. The highest BCUT2D eigenvalue weighted by atomic mass is 32.2. The van der Waals surface area contributed by atoms with Gasteiger partial charge in [-0.15, -0.1) is 0 Å². The zero-order valence-corrected chi connectivity index (χ0v) is 16.8. The van der Waals surface area contributed by atoms with Gasteiger partial charge in [0.1, 0.15) is 0 Å². The minimum Gasteiger partial charge on any atom is -0.322 e. The molecular weight excluding hydrogens is 388 g/mol. The largest absolute Gasteiger partial charge is 0.322 e. The number of amides is 1. The van der Waals surface area contributed by atoms with Crippen molar-refractivity contribution in [3.8, 4) is 0 Å².